The van der Waals surface area contributed by atoms with Gasteiger partial charge in [-0.1, -0.05) is 65.6 Å². The van der Waals surface area contributed by atoms with E-state index in [9.17, 15) is 9.59 Å². The highest BCUT2D eigenvalue weighted by atomic mass is 79.9. The molecular weight excluding hydrogens is 484 g/mol. The number of rotatable bonds is 10. The summed E-state index contributed by atoms with van der Waals surface area (Å²) in [7, 11) is 0. The van der Waals surface area contributed by atoms with Crippen molar-refractivity contribution in [2.24, 2.45) is 5.92 Å². The Balaban J connectivity index is 2.05. The predicted octanol–water partition coefficient (Wildman–Crippen LogP) is 5.53. The molecule has 162 valence electrons. The van der Waals surface area contributed by atoms with Crippen molar-refractivity contribution in [3.05, 3.63) is 69.2 Å². The molecule has 0 saturated heterocycles. The zero-order chi connectivity index (χ0) is 22.1. The Bertz CT molecular complexity index is 845. The first-order valence-electron chi connectivity index (χ1n) is 9.90. The summed E-state index contributed by atoms with van der Waals surface area (Å²) in [4.78, 5) is 27.4. The van der Waals surface area contributed by atoms with E-state index in [4.69, 9.17) is 11.6 Å². The molecule has 2 aromatic rings. The zero-order valence-electron chi connectivity index (χ0n) is 17.5. The van der Waals surface area contributed by atoms with Crippen LogP contribution in [0.1, 0.15) is 31.9 Å². The fourth-order valence-corrected chi connectivity index (χ4v) is 4.23. The number of hydrogen-bond acceptors (Lipinski definition) is 3. The van der Waals surface area contributed by atoms with E-state index in [2.05, 4.69) is 21.2 Å². The Labute approximate surface area is 196 Å². The number of nitrogens with zero attached hydrogens (tertiary/aromatic N) is 1. The van der Waals surface area contributed by atoms with Crippen LogP contribution in [0.4, 0.5) is 0 Å². The van der Waals surface area contributed by atoms with Gasteiger partial charge in [-0.25, -0.2) is 0 Å². The highest BCUT2D eigenvalue weighted by Crippen LogP contribution is 2.19. The van der Waals surface area contributed by atoms with Gasteiger partial charge in [-0.15, -0.1) is 11.8 Å². The van der Waals surface area contributed by atoms with Gasteiger partial charge in [0.2, 0.25) is 11.8 Å². The van der Waals surface area contributed by atoms with Crippen LogP contribution >= 0.6 is 39.3 Å². The summed E-state index contributed by atoms with van der Waals surface area (Å²) < 4.78 is 0.946. The van der Waals surface area contributed by atoms with Gasteiger partial charge in [-0.2, -0.15) is 0 Å². The predicted molar refractivity (Wildman–Crippen MR) is 130 cm³/mol. The minimum Gasteiger partial charge on any atom is -0.354 e. The second-order valence-electron chi connectivity index (χ2n) is 7.59. The van der Waals surface area contributed by atoms with Crippen LogP contribution in [-0.2, 0) is 21.9 Å². The standard InChI is InChI=1S/C23H28BrClN2O2S/c1-16(2)12-26-23(29)17(3)27(13-19-5-4-6-20(24)11-19)22(28)15-30-14-18-7-9-21(25)10-8-18/h4-11,16-17H,12-15H2,1-3H3,(H,26,29). The van der Waals surface area contributed by atoms with Crippen molar-refractivity contribution in [3.63, 3.8) is 0 Å². The van der Waals surface area contributed by atoms with Crippen LogP contribution in [0.2, 0.25) is 5.02 Å². The van der Waals surface area contributed by atoms with E-state index in [1.54, 1.807) is 11.8 Å². The molecule has 0 aliphatic heterocycles. The lowest BCUT2D eigenvalue weighted by atomic mass is 10.1. The minimum absolute atomic E-state index is 0.0545. The van der Waals surface area contributed by atoms with Crippen molar-refractivity contribution in [2.45, 2.75) is 39.1 Å². The highest BCUT2D eigenvalue weighted by Gasteiger charge is 2.26. The largest absolute Gasteiger partial charge is 0.354 e. The Hall–Kier alpha value is -1.50. The molecule has 0 aliphatic rings. The Morgan fingerprint density at radius 3 is 2.43 bits per heavy atom. The van der Waals surface area contributed by atoms with Gasteiger partial charge >= 0.3 is 0 Å². The third-order valence-corrected chi connectivity index (χ3v) is 6.24. The van der Waals surface area contributed by atoms with Gasteiger partial charge in [0.15, 0.2) is 0 Å². The van der Waals surface area contributed by atoms with E-state index in [-0.39, 0.29) is 11.8 Å². The van der Waals surface area contributed by atoms with Gasteiger partial charge < -0.3 is 10.2 Å². The number of hydrogen-bond donors (Lipinski definition) is 1. The Kier molecular flexibility index (Phi) is 10.2. The quantitative estimate of drug-likeness (QED) is 0.456. The average Bonchev–Trinajstić information content (AvgIpc) is 2.71. The van der Waals surface area contributed by atoms with E-state index in [1.807, 2.05) is 62.4 Å². The SMILES string of the molecule is CC(C)CNC(=O)C(C)N(Cc1cccc(Br)c1)C(=O)CSCc1ccc(Cl)cc1. The summed E-state index contributed by atoms with van der Waals surface area (Å²) in [6, 6.07) is 14.9. The lowest BCUT2D eigenvalue weighted by Crippen LogP contribution is -2.48. The number of thioether (sulfide) groups is 1. The van der Waals surface area contributed by atoms with Crippen molar-refractivity contribution in [2.75, 3.05) is 12.3 Å². The summed E-state index contributed by atoms with van der Waals surface area (Å²) in [5.74, 6) is 1.18. The van der Waals surface area contributed by atoms with Crippen LogP contribution in [0, 0.1) is 5.92 Å². The number of carbonyl (C=O) groups is 2. The molecule has 0 saturated carbocycles. The molecular formula is C23H28BrClN2O2S. The van der Waals surface area contributed by atoms with Crippen molar-refractivity contribution in [1.82, 2.24) is 10.2 Å². The summed E-state index contributed by atoms with van der Waals surface area (Å²) in [5, 5.41) is 3.64. The maximum Gasteiger partial charge on any atom is 0.242 e. The Morgan fingerprint density at radius 2 is 1.80 bits per heavy atom. The fraction of sp³-hybridized carbons (Fsp3) is 0.391. The van der Waals surface area contributed by atoms with Gasteiger partial charge in [0.05, 0.1) is 5.75 Å². The maximum atomic E-state index is 13.1. The second kappa shape index (κ2) is 12.4. The topological polar surface area (TPSA) is 49.4 Å². The van der Waals surface area contributed by atoms with Crippen molar-refractivity contribution >= 4 is 51.1 Å². The molecule has 1 N–H and O–H groups in total. The van der Waals surface area contributed by atoms with E-state index < -0.39 is 6.04 Å². The molecule has 2 amide bonds. The zero-order valence-corrected chi connectivity index (χ0v) is 20.7. The molecule has 1 atom stereocenters. The summed E-state index contributed by atoms with van der Waals surface area (Å²) in [6.45, 7) is 6.85. The second-order valence-corrected chi connectivity index (χ2v) is 9.92. The first kappa shape index (κ1) is 24.8. The lowest BCUT2D eigenvalue weighted by Gasteiger charge is -2.29. The van der Waals surface area contributed by atoms with Gasteiger partial charge in [-0.3, -0.25) is 9.59 Å². The molecule has 0 aromatic heterocycles. The molecule has 0 fully saturated rings. The molecule has 0 radical (unpaired) electrons. The summed E-state index contributed by atoms with van der Waals surface area (Å²) >= 11 is 10.9. The lowest BCUT2D eigenvalue weighted by molar-refractivity contribution is -0.138. The van der Waals surface area contributed by atoms with Crippen LogP contribution in [0.5, 0.6) is 0 Å². The monoisotopic (exact) mass is 510 g/mol. The number of amides is 2. The van der Waals surface area contributed by atoms with Gasteiger partial charge in [0.25, 0.3) is 0 Å². The highest BCUT2D eigenvalue weighted by molar-refractivity contribution is 9.10. The van der Waals surface area contributed by atoms with Crippen molar-refractivity contribution in [3.8, 4) is 0 Å². The average molecular weight is 512 g/mol. The molecule has 1 unspecified atom stereocenters. The van der Waals surface area contributed by atoms with Gasteiger partial charge in [0, 0.05) is 28.3 Å². The molecule has 0 bridgehead atoms. The van der Waals surface area contributed by atoms with Crippen molar-refractivity contribution < 1.29 is 9.59 Å². The summed E-state index contributed by atoms with van der Waals surface area (Å²) in [5.41, 5.74) is 2.09. The van der Waals surface area contributed by atoms with E-state index >= 15 is 0 Å². The van der Waals surface area contributed by atoms with Crippen LogP contribution in [0.3, 0.4) is 0 Å². The normalized spacial score (nSPS) is 11.9. The minimum atomic E-state index is -0.550. The number of carbonyl (C=O) groups excluding carboxylic acids is 2. The molecule has 30 heavy (non-hydrogen) atoms. The van der Waals surface area contributed by atoms with Crippen LogP contribution in [0.25, 0.3) is 0 Å². The summed E-state index contributed by atoms with van der Waals surface area (Å²) in [6.07, 6.45) is 0. The number of benzene rings is 2. The molecule has 2 aromatic carbocycles. The van der Waals surface area contributed by atoms with Crippen LogP contribution in [-0.4, -0.2) is 35.1 Å². The van der Waals surface area contributed by atoms with Crippen molar-refractivity contribution in [1.29, 1.82) is 0 Å². The van der Waals surface area contributed by atoms with E-state index in [0.29, 0.717) is 35.5 Å². The fourth-order valence-electron chi connectivity index (χ4n) is 2.79. The first-order chi connectivity index (χ1) is 14.3. The smallest absolute Gasteiger partial charge is 0.242 e. The third-order valence-electron chi connectivity index (χ3n) is 4.50. The first-order valence-corrected chi connectivity index (χ1v) is 12.2. The molecule has 4 nitrogen and oxygen atoms in total. The number of halogens is 2. The molecule has 7 heteroatoms. The van der Waals surface area contributed by atoms with Crippen LogP contribution < -0.4 is 5.32 Å². The van der Waals surface area contributed by atoms with Gasteiger partial charge in [0.1, 0.15) is 6.04 Å². The molecule has 2 rings (SSSR count). The molecule has 0 heterocycles. The third kappa shape index (κ3) is 8.32. The number of nitrogens with one attached hydrogen (secondary N) is 1. The van der Waals surface area contributed by atoms with E-state index in [0.717, 1.165) is 15.6 Å². The van der Waals surface area contributed by atoms with Gasteiger partial charge in [-0.05, 0) is 48.2 Å². The molecule has 0 aliphatic carbocycles. The van der Waals surface area contributed by atoms with Crippen LogP contribution in [0.15, 0.2) is 53.0 Å². The maximum absolute atomic E-state index is 13.1. The molecule has 0 spiro atoms. The van der Waals surface area contributed by atoms with E-state index in [1.165, 1.54) is 11.8 Å². The Morgan fingerprint density at radius 1 is 1.10 bits per heavy atom.